The number of carbonyl (C=O) groups is 1. The van der Waals surface area contributed by atoms with E-state index in [1.807, 2.05) is 0 Å². The van der Waals surface area contributed by atoms with Crippen molar-refractivity contribution in [3.05, 3.63) is 95.0 Å². The lowest BCUT2D eigenvalue weighted by molar-refractivity contribution is 0.103. The number of hydrogen-bond acceptors (Lipinski definition) is 5. The second-order valence-electron chi connectivity index (χ2n) is 6.84. The maximum absolute atomic E-state index is 13.6. The van der Waals surface area contributed by atoms with Crippen molar-refractivity contribution >= 4 is 27.0 Å². The number of halogens is 2. The highest BCUT2D eigenvalue weighted by Crippen LogP contribution is 2.38. The first-order valence-corrected chi connectivity index (χ1v) is 11.8. The van der Waals surface area contributed by atoms with Crippen molar-refractivity contribution in [2.75, 3.05) is 6.26 Å². The van der Waals surface area contributed by atoms with Crippen LogP contribution in [0.2, 0.25) is 0 Å². The summed E-state index contributed by atoms with van der Waals surface area (Å²) in [6.07, 6.45) is 1.12. The first kappa shape index (κ1) is 21.0. The van der Waals surface area contributed by atoms with Gasteiger partial charge in [0.05, 0.1) is 15.5 Å². The van der Waals surface area contributed by atoms with Crippen molar-refractivity contribution in [1.82, 2.24) is 4.98 Å². The van der Waals surface area contributed by atoms with Crippen molar-refractivity contribution in [3.8, 4) is 21.7 Å². The van der Waals surface area contributed by atoms with Crippen LogP contribution in [0.3, 0.4) is 0 Å². The lowest BCUT2D eigenvalue weighted by Gasteiger charge is -2.04. The largest absolute Gasteiger partial charge is 0.286 e. The zero-order valence-electron chi connectivity index (χ0n) is 16.2. The molecule has 0 atom stereocenters. The summed E-state index contributed by atoms with van der Waals surface area (Å²) in [5.74, 6) is -1.38. The Hall–Kier alpha value is -3.23. The Morgan fingerprint density at radius 2 is 1.52 bits per heavy atom. The molecule has 0 fully saturated rings. The van der Waals surface area contributed by atoms with Gasteiger partial charge in [-0.25, -0.2) is 22.2 Å². The highest BCUT2D eigenvalue weighted by Gasteiger charge is 2.21. The topological polar surface area (TPSA) is 64.1 Å². The summed E-state index contributed by atoms with van der Waals surface area (Å²) in [5, 5.41) is 0.145. The van der Waals surface area contributed by atoms with Gasteiger partial charge in [-0.1, -0.05) is 24.3 Å². The first-order valence-electron chi connectivity index (χ1n) is 9.10. The summed E-state index contributed by atoms with van der Waals surface area (Å²) in [6, 6.07) is 17.2. The second kappa shape index (κ2) is 8.13. The number of benzene rings is 3. The molecule has 3 aromatic carbocycles. The molecule has 0 saturated carbocycles. The molecule has 4 aromatic rings. The molecule has 8 heteroatoms. The molecular weight excluding hydrogens is 440 g/mol. The fourth-order valence-corrected chi connectivity index (χ4v) is 4.71. The van der Waals surface area contributed by atoms with E-state index in [0.29, 0.717) is 21.7 Å². The molecule has 31 heavy (non-hydrogen) atoms. The van der Waals surface area contributed by atoms with E-state index >= 15 is 0 Å². The molecule has 0 N–H and O–H groups in total. The summed E-state index contributed by atoms with van der Waals surface area (Å²) in [6.45, 7) is 0. The van der Waals surface area contributed by atoms with E-state index in [2.05, 4.69) is 4.98 Å². The van der Waals surface area contributed by atoms with E-state index in [1.165, 1.54) is 42.5 Å². The highest BCUT2D eigenvalue weighted by molar-refractivity contribution is 7.90. The molecule has 0 bridgehead atoms. The third kappa shape index (κ3) is 4.45. The van der Waals surface area contributed by atoms with Gasteiger partial charge in [0, 0.05) is 17.4 Å². The summed E-state index contributed by atoms with van der Waals surface area (Å²) >= 11 is 1.11. The Labute approximate surface area is 181 Å². The molecular formula is C23H15F2NO3S2. The standard InChI is InChI=1S/C23H15F2NO3S2/c1-31(28,29)19-11-7-15(8-12-19)22-20(14-5-9-17(24)10-6-14)26-23(30-22)21(27)16-3-2-4-18(25)13-16/h2-13H,1H3. The average Bonchev–Trinajstić information content (AvgIpc) is 3.18. The molecule has 156 valence electrons. The van der Waals surface area contributed by atoms with Crippen molar-refractivity contribution in [2.24, 2.45) is 0 Å². The van der Waals surface area contributed by atoms with Gasteiger partial charge in [0.25, 0.3) is 0 Å². The van der Waals surface area contributed by atoms with Gasteiger partial charge in [-0.05, 0) is 54.1 Å². The summed E-state index contributed by atoms with van der Waals surface area (Å²) in [7, 11) is -3.36. The Morgan fingerprint density at radius 3 is 2.13 bits per heavy atom. The van der Waals surface area contributed by atoms with Crippen molar-refractivity contribution in [3.63, 3.8) is 0 Å². The van der Waals surface area contributed by atoms with Gasteiger partial charge in [0.2, 0.25) is 5.78 Å². The fraction of sp³-hybridized carbons (Fsp3) is 0.0435. The monoisotopic (exact) mass is 455 g/mol. The van der Waals surface area contributed by atoms with E-state index < -0.39 is 27.3 Å². The van der Waals surface area contributed by atoms with Crippen LogP contribution >= 0.6 is 11.3 Å². The minimum Gasteiger partial charge on any atom is -0.286 e. The number of thiazole rings is 1. The number of rotatable bonds is 5. The Kier molecular flexibility index (Phi) is 5.51. The molecule has 4 nitrogen and oxygen atoms in total. The van der Waals surface area contributed by atoms with E-state index in [9.17, 15) is 22.0 Å². The Balaban J connectivity index is 1.84. The van der Waals surface area contributed by atoms with E-state index in [-0.39, 0.29) is 15.5 Å². The third-order valence-electron chi connectivity index (χ3n) is 4.57. The minimum atomic E-state index is -3.36. The summed E-state index contributed by atoms with van der Waals surface area (Å²) < 4.78 is 50.5. The van der Waals surface area contributed by atoms with Gasteiger partial charge in [-0.3, -0.25) is 4.79 Å². The van der Waals surface area contributed by atoms with Crippen LogP contribution in [0.25, 0.3) is 21.7 Å². The van der Waals surface area contributed by atoms with Crippen LogP contribution in [0.5, 0.6) is 0 Å². The van der Waals surface area contributed by atoms with E-state index in [1.54, 1.807) is 24.3 Å². The highest BCUT2D eigenvalue weighted by atomic mass is 32.2. The van der Waals surface area contributed by atoms with Crippen molar-refractivity contribution in [2.45, 2.75) is 4.90 Å². The molecule has 0 radical (unpaired) electrons. The molecule has 1 heterocycles. The van der Waals surface area contributed by atoms with Crippen molar-refractivity contribution in [1.29, 1.82) is 0 Å². The van der Waals surface area contributed by atoms with Crippen LogP contribution in [-0.2, 0) is 9.84 Å². The zero-order valence-corrected chi connectivity index (χ0v) is 17.8. The Bertz CT molecular complexity index is 1380. The molecule has 0 aliphatic rings. The van der Waals surface area contributed by atoms with Crippen LogP contribution < -0.4 is 0 Å². The number of sulfone groups is 1. The molecule has 0 spiro atoms. The Morgan fingerprint density at radius 1 is 0.871 bits per heavy atom. The van der Waals surface area contributed by atoms with Gasteiger partial charge in [-0.15, -0.1) is 11.3 Å². The number of ketones is 1. The van der Waals surface area contributed by atoms with E-state index in [0.717, 1.165) is 23.7 Å². The van der Waals surface area contributed by atoms with Gasteiger partial charge in [-0.2, -0.15) is 0 Å². The summed E-state index contributed by atoms with van der Waals surface area (Å²) in [4.78, 5) is 18.2. The van der Waals surface area contributed by atoms with E-state index in [4.69, 9.17) is 0 Å². The van der Waals surface area contributed by atoms with Gasteiger partial charge in [0.1, 0.15) is 11.6 Å². The quantitative estimate of drug-likeness (QED) is 0.379. The zero-order chi connectivity index (χ0) is 22.2. The van der Waals surface area contributed by atoms with Crippen LogP contribution in [0, 0.1) is 11.6 Å². The molecule has 0 aliphatic heterocycles. The average molecular weight is 456 g/mol. The molecule has 0 saturated heterocycles. The predicted octanol–water partition coefficient (Wildman–Crippen LogP) is 5.39. The van der Waals surface area contributed by atoms with Crippen LogP contribution in [0.4, 0.5) is 8.78 Å². The molecule has 0 amide bonds. The third-order valence-corrected chi connectivity index (χ3v) is 6.80. The molecule has 0 aliphatic carbocycles. The number of aromatic nitrogens is 1. The minimum absolute atomic E-state index is 0.145. The second-order valence-corrected chi connectivity index (χ2v) is 9.85. The maximum Gasteiger partial charge on any atom is 0.221 e. The molecule has 1 aromatic heterocycles. The smallest absolute Gasteiger partial charge is 0.221 e. The van der Waals surface area contributed by atoms with Gasteiger partial charge in [0.15, 0.2) is 14.8 Å². The normalized spacial score (nSPS) is 11.5. The van der Waals surface area contributed by atoms with Gasteiger partial charge >= 0.3 is 0 Å². The van der Waals surface area contributed by atoms with Crippen LogP contribution in [-0.4, -0.2) is 25.4 Å². The lowest BCUT2D eigenvalue weighted by Crippen LogP contribution is -2.01. The maximum atomic E-state index is 13.6. The first-order chi connectivity index (χ1) is 14.7. The van der Waals surface area contributed by atoms with Gasteiger partial charge < -0.3 is 0 Å². The number of nitrogens with zero attached hydrogens (tertiary/aromatic N) is 1. The number of carbonyl (C=O) groups excluding carboxylic acids is 1. The van der Waals surface area contributed by atoms with Crippen LogP contribution in [0.15, 0.2) is 77.7 Å². The summed E-state index contributed by atoms with van der Waals surface area (Å²) in [5.41, 5.74) is 1.87. The SMILES string of the molecule is CS(=O)(=O)c1ccc(-c2sc(C(=O)c3cccc(F)c3)nc2-c2ccc(F)cc2)cc1. The lowest BCUT2D eigenvalue weighted by atomic mass is 10.1. The molecule has 4 rings (SSSR count). The molecule has 0 unspecified atom stereocenters. The van der Waals surface area contributed by atoms with Crippen molar-refractivity contribution < 1.29 is 22.0 Å². The number of hydrogen-bond donors (Lipinski definition) is 0. The van der Waals surface area contributed by atoms with Crippen LogP contribution in [0.1, 0.15) is 15.4 Å². The predicted molar refractivity (Wildman–Crippen MR) is 116 cm³/mol. The fourth-order valence-electron chi connectivity index (χ4n) is 3.02.